The van der Waals surface area contributed by atoms with Gasteiger partial charge in [-0.15, -0.1) is 11.3 Å². The number of nitrogens with one attached hydrogen (secondary N) is 1. The van der Waals surface area contributed by atoms with Crippen LogP contribution in [0.3, 0.4) is 0 Å². The third kappa shape index (κ3) is 3.07. The third-order valence-corrected chi connectivity index (χ3v) is 5.68. The van der Waals surface area contributed by atoms with E-state index < -0.39 is 0 Å². The Kier molecular flexibility index (Phi) is 4.46. The Balaban J connectivity index is 1.73. The van der Waals surface area contributed by atoms with Gasteiger partial charge >= 0.3 is 0 Å². The molecule has 110 valence electrons. The zero-order valence-electron chi connectivity index (χ0n) is 10.9. The van der Waals surface area contributed by atoms with E-state index in [1.54, 1.807) is 12.1 Å². The van der Waals surface area contributed by atoms with E-state index in [9.17, 15) is 4.79 Å². The maximum Gasteiger partial charge on any atom is 0.263 e. The van der Waals surface area contributed by atoms with Crippen molar-refractivity contribution in [3.8, 4) is 0 Å². The van der Waals surface area contributed by atoms with Crippen LogP contribution in [0.15, 0.2) is 29.6 Å². The summed E-state index contributed by atoms with van der Waals surface area (Å²) in [6.07, 6.45) is 1.95. The maximum atomic E-state index is 12.2. The van der Waals surface area contributed by atoms with E-state index in [-0.39, 0.29) is 17.9 Å². The molecule has 6 heteroatoms. The molecule has 0 unspecified atom stereocenters. The summed E-state index contributed by atoms with van der Waals surface area (Å²) in [5.41, 5.74) is 1.04. The van der Waals surface area contributed by atoms with E-state index in [2.05, 4.69) is 5.32 Å². The molecule has 0 spiro atoms. The Bertz CT molecular complexity index is 685. The fraction of sp³-hybridized carbons (Fsp3) is 0.267. The molecule has 1 aliphatic carbocycles. The molecule has 2 nitrogen and oxygen atoms in total. The number of carbonyl (C=O) groups excluding carboxylic acids is 1. The maximum absolute atomic E-state index is 12.2. The molecule has 0 bridgehead atoms. The highest BCUT2D eigenvalue weighted by atomic mass is 35.5. The van der Waals surface area contributed by atoms with E-state index in [1.807, 2.05) is 17.5 Å². The van der Waals surface area contributed by atoms with Crippen molar-refractivity contribution in [1.82, 2.24) is 5.32 Å². The average molecular weight is 361 g/mol. The molecule has 0 saturated heterocycles. The standard InChI is InChI=1S/C15H12Cl3NOS/c16-8-1-2-9(12(18)7-8)10-3-4-13(10)19-15(20)14-11(17)5-6-21-14/h1-2,5-7,10,13H,3-4H2,(H,19,20)/t10-,13-/m0/s1. The van der Waals surface area contributed by atoms with Gasteiger partial charge in [-0.1, -0.05) is 40.9 Å². The Morgan fingerprint density at radius 1 is 1.14 bits per heavy atom. The van der Waals surface area contributed by atoms with E-state index in [0.29, 0.717) is 19.9 Å². The molecule has 2 atom stereocenters. The molecule has 1 fully saturated rings. The zero-order chi connectivity index (χ0) is 15.0. The fourth-order valence-electron chi connectivity index (χ4n) is 2.54. The van der Waals surface area contributed by atoms with Crippen LogP contribution in [0.4, 0.5) is 0 Å². The lowest BCUT2D eigenvalue weighted by Gasteiger charge is -2.38. The second-order valence-electron chi connectivity index (χ2n) is 5.03. The van der Waals surface area contributed by atoms with Crippen molar-refractivity contribution < 1.29 is 4.79 Å². The monoisotopic (exact) mass is 359 g/mol. The van der Waals surface area contributed by atoms with Gasteiger partial charge in [-0.2, -0.15) is 0 Å². The first-order valence-electron chi connectivity index (χ1n) is 6.55. The molecule has 1 N–H and O–H groups in total. The second kappa shape index (κ2) is 6.17. The summed E-state index contributed by atoms with van der Waals surface area (Å²) in [4.78, 5) is 12.8. The third-order valence-electron chi connectivity index (χ3n) is 3.78. The number of hydrogen-bond acceptors (Lipinski definition) is 2. The Morgan fingerprint density at radius 2 is 1.95 bits per heavy atom. The van der Waals surface area contributed by atoms with Gasteiger partial charge in [0.2, 0.25) is 0 Å². The topological polar surface area (TPSA) is 29.1 Å². The van der Waals surface area contributed by atoms with Gasteiger partial charge in [0.25, 0.3) is 5.91 Å². The van der Waals surface area contributed by atoms with E-state index >= 15 is 0 Å². The highest BCUT2D eigenvalue weighted by Gasteiger charge is 2.35. The van der Waals surface area contributed by atoms with Gasteiger partial charge in [0.05, 0.1) is 5.02 Å². The summed E-state index contributed by atoms with van der Waals surface area (Å²) in [5.74, 6) is 0.118. The highest BCUT2D eigenvalue weighted by Crippen LogP contribution is 2.41. The number of benzene rings is 1. The summed E-state index contributed by atoms with van der Waals surface area (Å²) in [6, 6.07) is 7.33. The van der Waals surface area contributed by atoms with Crippen molar-refractivity contribution in [3.05, 3.63) is 55.2 Å². The van der Waals surface area contributed by atoms with Crippen LogP contribution in [0, 0.1) is 0 Å². The van der Waals surface area contributed by atoms with Gasteiger partial charge in [-0.25, -0.2) is 0 Å². The minimum atomic E-state index is -0.116. The molecule has 1 amide bonds. The first kappa shape index (κ1) is 15.2. The molecule has 1 saturated carbocycles. The zero-order valence-corrected chi connectivity index (χ0v) is 14.0. The average Bonchev–Trinajstić information content (AvgIpc) is 2.84. The molecule has 2 aromatic rings. The molecule has 3 rings (SSSR count). The lowest BCUT2D eigenvalue weighted by Crippen LogP contribution is -2.45. The van der Waals surface area contributed by atoms with E-state index in [0.717, 1.165) is 18.4 Å². The molecule has 1 aliphatic rings. The molecule has 1 aromatic carbocycles. The quantitative estimate of drug-likeness (QED) is 0.781. The van der Waals surface area contributed by atoms with Crippen LogP contribution in [-0.4, -0.2) is 11.9 Å². The molecule has 1 aromatic heterocycles. The molecule has 0 radical (unpaired) electrons. The van der Waals surface area contributed by atoms with Crippen LogP contribution in [0.25, 0.3) is 0 Å². The van der Waals surface area contributed by atoms with Crippen LogP contribution in [-0.2, 0) is 0 Å². The predicted molar refractivity (Wildman–Crippen MR) is 89.0 cm³/mol. The largest absolute Gasteiger partial charge is 0.348 e. The molecule has 21 heavy (non-hydrogen) atoms. The summed E-state index contributed by atoms with van der Waals surface area (Å²) in [5, 5.41) is 6.63. The minimum absolute atomic E-state index is 0.0920. The van der Waals surface area contributed by atoms with Crippen molar-refractivity contribution >= 4 is 52.0 Å². The van der Waals surface area contributed by atoms with Gasteiger partial charge in [0, 0.05) is 22.0 Å². The van der Waals surface area contributed by atoms with Gasteiger partial charge in [-0.3, -0.25) is 4.79 Å². The van der Waals surface area contributed by atoms with Crippen LogP contribution < -0.4 is 5.32 Å². The van der Waals surface area contributed by atoms with Crippen molar-refractivity contribution in [2.24, 2.45) is 0 Å². The smallest absolute Gasteiger partial charge is 0.263 e. The normalized spacial score (nSPS) is 20.9. The number of hydrogen-bond donors (Lipinski definition) is 1. The van der Waals surface area contributed by atoms with Gasteiger partial charge in [-0.05, 0) is 42.0 Å². The number of carbonyl (C=O) groups is 1. The molecular weight excluding hydrogens is 349 g/mol. The summed E-state index contributed by atoms with van der Waals surface area (Å²) < 4.78 is 0. The van der Waals surface area contributed by atoms with Gasteiger partial charge < -0.3 is 5.32 Å². The number of thiophene rings is 1. The predicted octanol–water partition coefficient (Wildman–Crippen LogP) is 5.38. The first-order chi connectivity index (χ1) is 10.1. The molecule has 1 heterocycles. The van der Waals surface area contributed by atoms with Crippen LogP contribution in [0.5, 0.6) is 0 Å². The molecular formula is C15H12Cl3NOS. The number of amides is 1. The van der Waals surface area contributed by atoms with Crippen molar-refractivity contribution in [1.29, 1.82) is 0 Å². The molecule has 0 aliphatic heterocycles. The summed E-state index contributed by atoms with van der Waals surface area (Å²) >= 11 is 19.5. The fourth-order valence-corrected chi connectivity index (χ4v) is 4.13. The van der Waals surface area contributed by atoms with Crippen molar-refractivity contribution in [3.63, 3.8) is 0 Å². The summed E-state index contributed by atoms with van der Waals surface area (Å²) in [7, 11) is 0. The Morgan fingerprint density at radius 3 is 2.52 bits per heavy atom. The van der Waals surface area contributed by atoms with Gasteiger partial charge in [0.1, 0.15) is 4.88 Å². The summed E-state index contributed by atoms with van der Waals surface area (Å²) in [6.45, 7) is 0. The number of halogens is 3. The Hall–Kier alpha value is -0.740. The lowest BCUT2D eigenvalue weighted by atomic mass is 9.75. The van der Waals surface area contributed by atoms with Crippen molar-refractivity contribution in [2.75, 3.05) is 0 Å². The van der Waals surface area contributed by atoms with Crippen LogP contribution >= 0.6 is 46.1 Å². The highest BCUT2D eigenvalue weighted by molar-refractivity contribution is 7.12. The lowest BCUT2D eigenvalue weighted by molar-refractivity contribution is 0.0909. The SMILES string of the molecule is O=C(N[C@H]1CC[C@H]1c1ccc(Cl)cc1Cl)c1sccc1Cl. The van der Waals surface area contributed by atoms with Gasteiger partial charge in [0.15, 0.2) is 0 Å². The van der Waals surface area contributed by atoms with E-state index in [4.69, 9.17) is 34.8 Å². The first-order valence-corrected chi connectivity index (χ1v) is 8.56. The minimum Gasteiger partial charge on any atom is -0.348 e. The second-order valence-corrected chi connectivity index (χ2v) is 7.19. The van der Waals surface area contributed by atoms with Crippen LogP contribution in [0.2, 0.25) is 15.1 Å². The van der Waals surface area contributed by atoms with Crippen LogP contribution in [0.1, 0.15) is 34.0 Å². The number of rotatable bonds is 3. The van der Waals surface area contributed by atoms with Crippen molar-refractivity contribution in [2.45, 2.75) is 24.8 Å². The van der Waals surface area contributed by atoms with E-state index in [1.165, 1.54) is 11.3 Å². The Labute approximate surface area is 142 Å².